The van der Waals surface area contributed by atoms with Crippen LogP contribution in [0.3, 0.4) is 0 Å². The summed E-state index contributed by atoms with van der Waals surface area (Å²) in [6, 6.07) is 62.3. The molecule has 0 spiro atoms. The third kappa shape index (κ3) is 5.78. The minimum absolute atomic E-state index is 0.0691. The summed E-state index contributed by atoms with van der Waals surface area (Å²) in [6.07, 6.45) is 9.99. The molecule has 0 atom stereocenters. The fourth-order valence-corrected chi connectivity index (χ4v) is 9.52. The summed E-state index contributed by atoms with van der Waals surface area (Å²) in [6.45, 7) is 9.41. The molecule has 0 radical (unpaired) electrons. The van der Waals surface area contributed by atoms with Crippen molar-refractivity contribution in [1.82, 2.24) is 0 Å². The number of rotatable bonds is 7. The van der Waals surface area contributed by atoms with E-state index in [0.29, 0.717) is 0 Å². The summed E-state index contributed by atoms with van der Waals surface area (Å²) in [7, 11) is 0. The van der Waals surface area contributed by atoms with Crippen LogP contribution < -0.4 is 9.80 Å². The van der Waals surface area contributed by atoms with Crippen LogP contribution in [-0.2, 0) is 10.8 Å². The van der Waals surface area contributed by atoms with Crippen LogP contribution in [0.15, 0.2) is 200 Å². The smallest absolute Gasteiger partial charge is 0.0465 e. The van der Waals surface area contributed by atoms with Gasteiger partial charge in [0.25, 0.3) is 0 Å². The van der Waals surface area contributed by atoms with Crippen LogP contribution in [0.2, 0.25) is 0 Å². The van der Waals surface area contributed by atoms with Crippen LogP contribution >= 0.6 is 0 Å². The fourth-order valence-electron chi connectivity index (χ4n) is 9.52. The van der Waals surface area contributed by atoms with Crippen LogP contribution in [-0.4, -0.2) is 0 Å². The molecular weight excluding hydrogens is 689 g/mol. The maximum absolute atomic E-state index is 2.43. The van der Waals surface area contributed by atoms with Gasteiger partial charge in [-0.25, -0.2) is 0 Å². The average Bonchev–Trinajstić information content (AvgIpc) is 3.45. The first-order valence-corrected chi connectivity index (χ1v) is 20.2. The van der Waals surface area contributed by atoms with Crippen LogP contribution in [0, 0.1) is 0 Å². The highest BCUT2D eigenvalue weighted by Gasteiger charge is 2.37. The third-order valence-corrected chi connectivity index (χ3v) is 12.5. The van der Waals surface area contributed by atoms with E-state index >= 15 is 0 Å². The van der Waals surface area contributed by atoms with E-state index in [1.807, 2.05) is 0 Å². The lowest BCUT2D eigenvalue weighted by molar-refractivity contribution is 0.660. The Morgan fingerprint density at radius 3 is 1.39 bits per heavy atom. The molecule has 7 aromatic carbocycles. The summed E-state index contributed by atoms with van der Waals surface area (Å²) in [5.41, 5.74) is 20.1. The molecule has 57 heavy (non-hydrogen) atoms. The van der Waals surface area contributed by atoms with Gasteiger partial charge in [-0.05, 0) is 122 Å². The van der Waals surface area contributed by atoms with Crippen molar-refractivity contribution < 1.29 is 0 Å². The molecule has 0 unspecified atom stereocenters. The highest BCUT2D eigenvalue weighted by atomic mass is 15.2. The summed E-state index contributed by atoms with van der Waals surface area (Å²) in [5.74, 6) is 0. The van der Waals surface area contributed by atoms with Crippen LogP contribution in [0.4, 0.5) is 28.4 Å². The van der Waals surface area contributed by atoms with Crippen molar-refractivity contribution in [3.8, 4) is 22.3 Å². The summed E-state index contributed by atoms with van der Waals surface area (Å²) < 4.78 is 0. The molecule has 3 aliphatic carbocycles. The number of fused-ring (bicyclic) bond motifs is 6. The maximum Gasteiger partial charge on any atom is 0.0465 e. The highest BCUT2D eigenvalue weighted by molar-refractivity contribution is 5.87. The quantitative estimate of drug-likeness (QED) is 0.161. The molecule has 0 heterocycles. The molecule has 0 saturated heterocycles. The van der Waals surface area contributed by atoms with Crippen molar-refractivity contribution in [2.75, 3.05) is 9.80 Å². The Morgan fingerprint density at radius 2 is 0.825 bits per heavy atom. The lowest BCUT2D eigenvalue weighted by Gasteiger charge is -2.29. The van der Waals surface area contributed by atoms with Crippen molar-refractivity contribution in [2.45, 2.75) is 44.9 Å². The van der Waals surface area contributed by atoms with Gasteiger partial charge in [0.2, 0.25) is 0 Å². The van der Waals surface area contributed by atoms with Gasteiger partial charge in [0.1, 0.15) is 0 Å². The summed E-state index contributed by atoms with van der Waals surface area (Å²) in [5, 5.41) is 0. The van der Waals surface area contributed by atoms with Gasteiger partial charge in [-0.2, -0.15) is 0 Å². The summed E-state index contributed by atoms with van der Waals surface area (Å²) >= 11 is 0. The predicted molar refractivity (Wildman–Crippen MR) is 241 cm³/mol. The zero-order valence-corrected chi connectivity index (χ0v) is 33.1. The van der Waals surface area contributed by atoms with E-state index in [4.69, 9.17) is 0 Å². The van der Waals surface area contributed by atoms with Crippen molar-refractivity contribution in [1.29, 1.82) is 0 Å². The number of hydrogen-bond donors (Lipinski definition) is 0. The molecule has 0 bridgehead atoms. The first-order valence-electron chi connectivity index (χ1n) is 20.2. The monoisotopic (exact) mass is 734 g/mol. The van der Waals surface area contributed by atoms with Gasteiger partial charge >= 0.3 is 0 Å². The van der Waals surface area contributed by atoms with Crippen molar-refractivity contribution in [2.24, 2.45) is 0 Å². The third-order valence-electron chi connectivity index (χ3n) is 12.5. The van der Waals surface area contributed by atoms with Gasteiger partial charge in [-0.1, -0.05) is 155 Å². The Kier molecular flexibility index (Phi) is 8.27. The number of para-hydroxylation sites is 2. The SMILES string of the molecule is CC1(C)c2ccccc2-c2ccc(N(C3=CC=C(c4ccc(N(c5ccccc5)c5ccc6c(c5)C(C)(C)c5ccccc5-6)cc4)C=CC3)c3ccccc3)cc21. The summed E-state index contributed by atoms with van der Waals surface area (Å²) in [4.78, 5) is 4.81. The molecule has 0 aromatic heterocycles. The minimum Gasteiger partial charge on any atom is -0.314 e. The largest absolute Gasteiger partial charge is 0.314 e. The predicted octanol–water partition coefficient (Wildman–Crippen LogP) is 14.8. The topological polar surface area (TPSA) is 6.48 Å². The molecule has 0 N–H and O–H groups in total. The van der Waals surface area contributed by atoms with Crippen molar-refractivity contribution in [3.63, 3.8) is 0 Å². The molecule has 3 aliphatic rings. The highest BCUT2D eigenvalue weighted by Crippen LogP contribution is 2.52. The van der Waals surface area contributed by atoms with Crippen LogP contribution in [0.25, 0.3) is 27.8 Å². The van der Waals surface area contributed by atoms with E-state index in [-0.39, 0.29) is 10.8 Å². The van der Waals surface area contributed by atoms with E-state index in [1.165, 1.54) is 67.0 Å². The Labute approximate surface area is 337 Å². The first-order chi connectivity index (χ1) is 27.8. The lowest BCUT2D eigenvalue weighted by atomic mass is 9.82. The zero-order valence-electron chi connectivity index (χ0n) is 33.1. The van der Waals surface area contributed by atoms with Gasteiger partial charge in [0, 0.05) is 51.4 Å². The molecule has 2 nitrogen and oxygen atoms in total. The number of allylic oxidation sites excluding steroid dienone is 5. The Morgan fingerprint density at radius 1 is 0.386 bits per heavy atom. The molecule has 7 aromatic rings. The molecule has 0 aliphatic heterocycles. The lowest BCUT2D eigenvalue weighted by Crippen LogP contribution is -2.18. The molecule has 276 valence electrons. The van der Waals surface area contributed by atoms with Gasteiger partial charge in [-0.3, -0.25) is 0 Å². The molecule has 0 amide bonds. The molecular formula is C55H46N2. The van der Waals surface area contributed by atoms with Gasteiger partial charge in [0.05, 0.1) is 0 Å². The standard InChI is InChI=1S/C55H46N2/c1-54(2)50-24-13-11-22-46(50)48-34-32-44(36-52(48)54)56(40-17-7-5-8-18-40)42-21-15-16-38(26-29-42)39-27-30-43(31-28-39)57(41-19-9-6-10-20-41)45-33-35-49-47-23-12-14-25-51(47)55(3,4)53(49)37-45/h5-20,22-37H,21H2,1-4H3. The van der Waals surface area contributed by atoms with E-state index in [9.17, 15) is 0 Å². The number of anilines is 5. The van der Waals surface area contributed by atoms with Crippen LogP contribution in [0.1, 0.15) is 61.9 Å². The molecule has 0 fully saturated rings. The Bertz CT molecular complexity index is 2750. The normalized spacial score (nSPS) is 15.4. The van der Waals surface area contributed by atoms with E-state index in [0.717, 1.165) is 29.2 Å². The van der Waals surface area contributed by atoms with E-state index in [2.05, 4.69) is 232 Å². The second kappa shape index (κ2) is 13.5. The van der Waals surface area contributed by atoms with E-state index < -0.39 is 0 Å². The average molecular weight is 735 g/mol. The van der Waals surface area contributed by atoms with Crippen LogP contribution in [0.5, 0.6) is 0 Å². The van der Waals surface area contributed by atoms with E-state index in [1.54, 1.807) is 0 Å². The Balaban J connectivity index is 0.994. The van der Waals surface area contributed by atoms with Gasteiger partial charge in [0.15, 0.2) is 0 Å². The Hall–Kier alpha value is -6.64. The van der Waals surface area contributed by atoms with Gasteiger partial charge in [-0.15, -0.1) is 0 Å². The molecule has 10 rings (SSSR count). The molecule has 0 saturated carbocycles. The second-order valence-corrected chi connectivity index (χ2v) is 16.6. The zero-order chi connectivity index (χ0) is 38.7. The van der Waals surface area contributed by atoms with Gasteiger partial charge < -0.3 is 9.80 Å². The van der Waals surface area contributed by atoms with Crippen molar-refractivity contribution >= 4 is 34.0 Å². The number of hydrogen-bond acceptors (Lipinski definition) is 2. The number of benzene rings is 7. The fraction of sp³-hybridized carbons (Fsp3) is 0.127. The second-order valence-electron chi connectivity index (χ2n) is 16.6. The first kappa shape index (κ1) is 34.8. The molecule has 2 heteroatoms. The maximum atomic E-state index is 2.43. The minimum atomic E-state index is -0.0715. The van der Waals surface area contributed by atoms with Crippen molar-refractivity contribution in [3.05, 3.63) is 228 Å². The number of nitrogens with zero attached hydrogens (tertiary/aromatic N) is 2.